The molecule has 0 radical (unpaired) electrons. The zero-order chi connectivity index (χ0) is 24.5. The number of nitrogens with one attached hydrogen (secondary N) is 4. The summed E-state index contributed by atoms with van der Waals surface area (Å²) in [6.07, 6.45) is 0.900. The van der Waals surface area contributed by atoms with Gasteiger partial charge in [-0.2, -0.15) is 0 Å². The summed E-state index contributed by atoms with van der Waals surface area (Å²) in [5.74, 6) is 1.11. The number of rotatable bonds is 10. The number of thiophene rings is 1. The van der Waals surface area contributed by atoms with E-state index >= 15 is 0 Å². The molecule has 4 rings (SSSR count). The lowest BCUT2D eigenvalue weighted by Gasteiger charge is -2.20. The van der Waals surface area contributed by atoms with Crippen LogP contribution in [0, 0.1) is 5.41 Å². The van der Waals surface area contributed by atoms with Crippen LogP contribution in [-0.4, -0.2) is 18.9 Å². The van der Waals surface area contributed by atoms with Crippen LogP contribution >= 0.6 is 23.7 Å². The molecule has 0 aliphatic rings. The van der Waals surface area contributed by atoms with Crippen molar-refractivity contribution in [3.8, 4) is 5.75 Å². The number of benzene rings is 3. The summed E-state index contributed by atoms with van der Waals surface area (Å²) in [7, 11) is 1.64. The number of carbonyl (C=O) groups excluding carboxylic acids is 1. The second-order valence-corrected chi connectivity index (χ2v) is 8.93. The summed E-state index contributed by atoms with van der Waals surface area (Å²) in [4.78, 5) is 13.6. The lowest BCUT2D eigenvalue weighted by Crippen LogP contribution is -2.29. The summed E-state index contributed by atoms with van der Waals surface area (Å²) in [5.41, 5.74) is 3.67. The third kappa shape index (κ3) is 7.60. The molecule has 0 aliphatic carbocycles. The van der Waals surface area contributed by atoms with E-state index < -0.39 is 0 Å². The van der Waals surface area contributed by atoms with Crippen LogP contribution in [-0.2, 0) is 4.79 Å². The molecular weight excluding hydrogens is 492 g/mol. The molecule has 1 aromatic heterocycles. The smallest absolute Gasteiger partial charge is 0.224 e. The lowest BCUT2D eigenvalue weighted by molar-refractivity contribution is -0.116. The van der Waals surface area contributed by atoms with E-state index in [0.29, 0.717) is 18.7 Å². The zero-order valence-electron chi connectivity index (χ0n) is 19.9. The minimum atomic E-state index is -0.132. The molecule has 0 spiro atoms. The van der Waals surface area contributed by atoms with Crippen molar-refractivity contribution in [3.63, 3.8) is 0 Å². The normalized spacial score (nSPS) is 11.0. The Morgan fingerprint density at radius 2 is 1.53 bits per heavy atom. The van der Waals surface area contributed by atoms with Gasteiger partial charge in [0.2, 0.25) is 5.91 Å². The fourth-order valence-electron chi connectivity index (χ4n) is 3.65. The van der Waals surface area contributed by atoms with E-state index in [9.17, 15) is 4.79 Å². The maximum absolute atomic E-state index is 12.7. The molecule has 0 saturated carbocycles. The number of halogens is 1. The maximum atomic E-state index is 12.7. The number of carbonyl (C=O) groups is 1. The van der Waals surface area contributed by atoms with Crippen LogP contribution in [0.1, 0.15) is 29.3 Å². The summed E-state index contributed by atoms with van der Waals surface area (Å²) in [6, 6.07) is 29.0. The van der Waals surface area contributed by atoms with Gasteiger partial charge < -0.3 is 20.7 Å². The number of hydrogen-bond donors (Lipinski definition) is 4. The molecule has 6 nitrogen and oxygen atoms in total. The molecule has 1 amide bonds. The van der Waals surface area contributed by atoms with Crippen molar-refractivity contribution in [2.24, 2.45) is 0 Å². The third-order valence-corrected chi connectivity index (χ3v) is 6.38. The largest absolute Gasteiger partial charge is 0.497 e. The Kier molecular flexibility index (Phi) is 9.92. The number of ether oxygens (including phenoxy) is 1. The Hall–Kier alpha value is -3.81. The number of hydrogen-bond acceptors (Lipinski definition) is 5. The van der Waals surface area contributed by atoms with Crippen LogP contribution in [0.2, 0.25) is 0 Å². The molecule has 1 heterocycles. The fourth-order valence-corrected chi connectivity index (χ4v) is 4.29. The van der Waals surface area contributed by atoms with Gasteiger partial charge in [0.15, 0.2) is 0 Å². The monoisotopic (exact) mass is 520 g/mol. The Morgan fingerprint density at radius 1 is 0.889 bits per heavy atom. The highest BCUT2D eigenvalue weighted by Crippen LogP contribution is 2.23. The van der Waals surface area contributed by atoms with Gasteiger partial charge in [0, 0.05) is 23.5 Å². The van der Waals surface area contributed by atoms with Gasteiger partial charge in [0.1, 0.15) is 11.6 Å². The first-order chi connectivity index (χ1) is 17.1. The molecule has 0 saturated heterocycles. The highest BCUT2D eigenvalue weighted by molar-refractivity contribution is 7.12. The molecule has 4 aromatic rings. The lowest BCUT2D eigenvalue weighted by atomic mass is 10.0. The first kappa shape index (κ1) is 26.8. The summed E-state index contributed by atoms with van der Waals surface area (Å²) < 4.78 is 5.19. The molecule has 0 fully saturated rings. The molecule has 8 heteroatoms. The molecule has 0 aliphatic heterocycles. The van der Waals surface area contributed by atoms with Crippen molar-refractivity contribution < 1.29 is 9.53 Å². The predicted octanol–water partition coefficient (Wildman–Crippen LogP) is 7.00. The molecule has 0 bridgehead atoms. The third-order valence-electron chi connectivity index (χ3n) is 5.50. The quantitative estimate of drug-likeness (QED) is 0.134. The highest BCUT2D eigenvalue weighted by Gasteiger charge is 2.16. The van der Waals surface area contributed by atoms with Crippen molar-refractivity contribution in [2.45, 2.75) is 18.9 Å². The van der Waals surface area contributed by atoms with Crippen LogP contribution in [0.15, 0.2) is 96.4 Å². The Morgan fingerprint density at radius 3 is 2.14 bits per heavy atom. The average molecular weight is 521 g/mol. The molecule has 1 atom stereocenters. The molecule has 36 heavy (non-hydrogen) atoms. The number of anilines is 3. The highest BCUT2D eigenvalue weighted by atomic mass is 35.5. The Bertz CT molecular complexity index is 1230. The van der Waals surface area contributed by atoms with Gasteiger partial charge >= 0.3 is 0 Å². The van der Waals surface area contributed by atoms with E-state index in [1.807, 2.05) is 96.4 Å². The first-order valence-corrected chi connectivity index (χ1v) is 12.2. The van der Waals surface area contributed by atoms with Crippen molar-refractivity contribution in [2.75, 3.05) is 17.7 Å². The summed E-state index contributed by atoms with van der Waals surface area (Å²) in [6.45, 7) is 0. The van der Waals surface area contributed by atoms with Gasteiger partial charge in [-0.1, -0.05) is 36.4 Å². The van der Waals surface area contributed by atoms with E-state index in [1.165, 1.54) is 11.3 Å². The molecule has 186 valence electrons. The van der Waals surface area contributed by atoms with E-state index in [4.69, 9.17) is 10.1 Å². The van der Waals surface area contributed by atoms with Crippen LogP contribution in [0.25, 0.3) is 0 Å². The Labute approximate surface area is 221 Å². The van der Waals surface area contributed by atoms with Gasteiger partial charge in [0.25, 0.3) is 0 Å². The Balaban J connectivity index is 0.00000361. The van der Waals surface area contributed by atoms with E-state index in [1.54, 1.807) is 7.11 Å². The van der Waals surface area contributed by atoms with Gasteiger partial charge in [-0.15, -0.1) is 23.7 Å². The van der Waals surface area contributed by atoms with Crippen molar-refractivity contribution in [1.29, 1.82) is 5.41 Å². The van der Waals surface area contributed by atoms with Crippen LogP contribution < -0.4 is 20.7 Å². The standard InChI is InChI=1S/C28H28N4O2S.ClH/c1-34-24-15-13-22(14-16-24)30-21-9-11-23(12-10-21)31-27(33)18-17-25(20-6-3-2-4-7-20)32-28(29)26-8-5-19-35-26;/h2-16,19,25,30H,17-18H2,1H3,(H2,29,32)(H,31,33);1H. The number of methoxy groups -OCH3 is 1. The minimum Gasteiger partial charge on any atom is -0.497 e. The number of amidine groups is 1. The predicted molar refractivity (Wildman–Crippen MR) is 151 cm³/mol. The number of amides is 1. The molecule has 1 unspecified atom stereocenters. The van der Waals surface area contributed by atoms with Gasteiger partial charge in [-0.05, 0) is 72.0 Å². The van der Waals surface area contributed by atoms with E-state index in [-0.39, 0.29) is 24.4 Å². The summed E-state index contributed by atoms with van der Waals surface area (Å²) in [5, 5.41) is 19.9. The topological polar surface area (TPSA) is 86.2 Å². The SMILES string of the molecule is COc1ccc(Nc2ccc(NC(=O)CCC(NC(=N)c3cccs3)c3ccccc3)cc2)cc1.Cl. The van der Waals surface area contributed by atoms with Crippen molar-refractivity contribution in [3.05, 3.63) is 107 Å². The van der Waals surface area contributed by atoms with Crippen LogP contribution in [0.4, 0.5) is 17.1 Å². The minimum absolute atomic E-state index is 0. The van der Waals surface area contributed by atoms with E-state index in [0.717, 1.165) is 33.3 Å². The maximum Gasteiger partial charge on any atom is 0.224 e. The van der Waals surface area contributed by atoms with Crippen molar-refractivity contribution >= 4 is 52.5 Å². The van der Waals surface area contributed by atoms with Crippen molar-refractivity contribution in [1.82, 2.24) is 5.32 Å². The average Bonchev–Trinajstić information content (AvgIpc) is 3.44. The van der Waals surface area contributed by atoms with E-state index in [2.05, 4.69) is 16.0 Å². The van der Waals surface area contributed by atoms with Crippen LogP contribution in [0.3, 0.4) is 0 Å². The molecular formula is C28H29ClN4O2S. The van der Waals surface area contributed by atoms with Gasteiger partial charge in [-0.25, -0.2) is 0 Å². The molecule has 3 aromatic carbocycles. The molecule has 4 N–H and O–H groups in total. The second-order valence-electron chi connectivity index (χ2n) is 7.98. The van der Waals surface area contributed by atoms with Gasteiger partial charge in [-0.3, -0.25) is 10.2 Å². The first-order valence-electron chi connectivity index (χ1n) is 11.4. The van der Waals surface area contributed by atoms with Gasteiger partial charge in [0.05, 0.1) is 18.0 Å². The summed E-state index contributed by atoms with van der Waals surface area (Å²) >= 11 is 1.52. The zero-order valence-corrected chi connectivity index (χ0v) is 21.5. The second kappa shape index (κ2) is 13.3. The fraction of sp³-hybridized carbons (Fsp3) is 0.143. The van der Waals surface area contributed by atoms with Crippen LogP contribution in [0.5, 0.6) is 5.75 Å².